The lowest BCUT2D eigenvalue weighted by atomic mass is 10.0. The first kappa shape index (κ1) is 18.0. The number of fused-ring (bicyclic) bond motifs is 1. The smallest absolute Gasteiger partial charge is 0.286 e. The van der Waals surface area contributed by atoms with Crippen molar-refractivity contribution in [1.82, 2.24) is 4.90 Å². The molecule has 0 N–H and O–H groups in total. The minimum atomic E-state index is -0.136. The summed E-state index contributed by atoms with van der Waals surface area (Å²) in [6.07, 6.45) is 1.98. The van der Waals surface area contributed by atoms with E-state index in [1.54, 1.807) is 0 Å². The highest BCUT2D eigenvalue weighted by atomic mass is 32.2. The van der Waals surface area contributed by atoms with Gasteiger partial charge in [0, 0.05) is 31.9 Å². The summed E-state index contributed by atoms with van der Waals surface area (Å²) in [5.74, 6) is -0.136. The topological polar surface area (TPSA) is 35.9 Å². The molecule has 0 unspecified atom stereocenters. The number of thioether (sulfide) groups is 1. The number of para-hydroxylation sites is 1. The summed E-state index contributed by atoms with van der Waals surface area (Å²) in [6, 6.07) is 24.9. The van der Waals surface area contributed by atoms with E-state index in [1.165, 1.54) is 22.8 Å². The molecule has 1 amide bonds. The Morgan fingerprint density at radius 1 is 0.793 bits per heavy atom. The van der Waals surface area contributed by atoms with Gasteiger partial charge < -0.3 is 9.80 Å². The fourth-order valence-electron chi connectivity index (χ4n) is 3.85. The number of piperazine rings is 1. The standard InChI is InChI=1S/C24H21N3OS/c28-23-22(17-19-9-6-8-18-7-4-5-12-21(18)19)29-24(25-23)27-15-13-26(14-16-27)20-10-2-1-3-11-20/h1-12,17H,13-16H2/b22-17-. The normalized spacial score (nSPS) is 18.6. The molecule has 5 rings (SSSR count). The summed E-state index contributed by atoms with van der Waals surface area (Å²) in [6.45, 7) is 3.60. The number of hydrogen-bond acceptors (Lipinski definition) is 4. The highest BCUT2D eigenvalue weighted by Crippen LogP contribution is 2.32. The number of nitrogens with zero attached hydrogens (tertiary/aromatic N) is 3. The fraction of sp³-hybridized carbons (Fsp3) is 0.167. The van der Waals surface area contributed by atoms with Gasteiger partial charge in [0.05, 0.1) is 4.91 Å². The van der Waals surface area contributed by atoms with E-state index in [2.05, 4.69) is 63.3 Å². The maximum absolute atomic E-state index is 12.5. The van der Waals surface area contributed by atoms with Crippen LogP contribution in [0.4, 0.5) is 5.69 Å². The third kappa shape index (κ3) is 3.66. The van der Waals surface area contributed by atoms with Gasteiger partial charge in [0.1, 0.15) is 0 Å². The molecule has 1 saturated heterocycles. The molecule has 0 aromatic heterocycles. The summed E-state index contributed by atoms with van der Waals surface area (Å²) in [5.41, 5.74) is 2.31. The number of amidine groups is 1. The third-order valence-electron chi connectivity index (χ3n) is 5.39. The van der Waals surface area contributed by atoms with Crippen LogP contribution in [-0.2, 0) is 4.79 Å². The maximum atomic E-state index is 12.5. The highest BCUT2D eigenvalue weighted by molar-refractivity contribution is 8.18. The molecule has 3 aromatic rings. The fourth-order valence-corrected chi connectivity index (χ4v) is 4.80. The number of benzene rings is 3. The summed E-state index contributed by atoms with van der Waals surface area (Å²) in [7, 11) is 0. The summed E-state index contributed by atoms with van der Waals surface area (Å²) in [4.78, 5) is 22.2. The molecule has 2 heterocycles. The van der Waals surface area contributed by atoms with Crippen molar-refractivity contribution in [3.8, 4) is 0 Å². The lowest BCUT2D eigenvalue weighted by Gasteiger charge is -2.36. The van der Waals surface area contributed by atoms with Crippen LogP contribution in [0.3, 0.4) is 0 Å². The summed E-state index contributed by atoms with van der Waals surface area (Å²) < 4.78 is 0. The van der Waals surface area contributed by atoms with Gasteiger partial charge in [-0.25, -0.2) is 0 Å². The van der Waals surface area contributed by atoms with E-state index >= 15 is 0 Å². The van der Waals surface area contributed by atoms with Crippen LogP contribution < -0.4 is 4.90 Å². The quantitative estimate of drug-likeness (QED) is 0.589. The van der Waals surface area contributed by atoms with Gasteiger partial charge in [0.25, 0.3) is 5.91 Å². The minimum Gasteiger partial charge on any atom is -0.368 e. The molecule has 4 nitrogen and oxygen atoms in total. The molecular weight excluding hydrogens is 378 g/mol. The second-order valence-corrected chi connectivity index (χ2v) is 8.20. The Kier molecular flexibility index (Phi) is 4.82. The summed E-state index contributed by atoms with van der Waals surface area (Å²) in [5, 5.41) is 3.16. The SMILES string of the molecule is O=C1N=C(N2CCN(c3ccccc3)CC2)S/C1=C\c1cccc2ccccc12. The molecule has 144 valence electrons. The molecule has 2 aliphatic heterocycles. The Labute approximate surface area is 174 Å². The van der Waals surface area contributed by atoms with Crippen LogP contribution in [0, 0.1) is 0 Å². The van der Waals surface area contributed by atoms with Gasteiger partial charge in [-0.2, -0.15) is 4.99 Å². The van der Waals surface area contributed by atoms with E-state index in [-0.39, 0.29) is 5.91 Å². The second kappa shape index (κ2) is 7.76. The Morgan fingerprint density at radius 3 is 2.31 bits per heavy atom. The number of rotatable bonds is 2. The molecule has 0 radical (unpaired) electrons. The largest absolute Gasteiger partial charge is 0.368 e. The van der Waals surface area contributed by atoms with E-state index in [4.69, 9.17) is 0 Å². The molecule has 1 fully saturated rings. The zero-order valence-corrected chi connectivity index (χ0v) is 16.8. The van der Waals surface area contributed by atoms with Crippen molar-refractivity contribution < 1.29 is 4.79 Å². The van der Waals surface area contributed by atoms with Crippen molar-refractivity contribution in [2.75, 3.05) is 31.1 Å². The number of hydrogen-bond donors (Lipinski definition) is 0. The van der Waals surface area contributed by atoms with Crippen LogP contribution in [0.15, 0.2) is 82.7 Å². The van der Waals surface area contributed by atoms with Gasteiger partial charge in [-0.05, 0) is 46.3 Å². The Balaban J connectivity index is 1.30. The van der Waals surface area contributed by atoms with Crippen LogP contribution in [0.2, 0.25) is 0 Å². The number of amides is 1. The predicted molar refractivity (Wildman–Crippen MR) is 122 cm³/mol. The molecule has 0 saturated carbocycles. The first-order valence-electron chi connectivity index (χ1n) is 9.83. The Morgan fingerprint density at radius 2 is 1.48 bits per heavy atom. The molecule has 0 aliphatic carbocycles. The van der Waals surface area contributed by atoms with Crippen LogP contribution in [0.1, 0.15) is 5.56 Å². The Bertz CT molecular complexity index is 1110. The van der Waals surface area contributed by atoms with Gasteiger partial charge in [-0.15, -0.1) is 0 Å². The predicted octanol–water partition coefficient (Wildman–Crippen LogP) is 4.63. The van der Waals surface area contributed by atoms with Gasteiger partial charge in [-0.3, -0.25) is 4.79 Å². The number of carbonyl (C=O) groups is 1. The van der Waals surface area contributed by atoms with Crippen molar-refractivity contribution in [1.29, 1.82) is 0 Å². The van der Waals surface area contributed by atoms with E-state index < -0.39 is 0 Å². The maximum Gasteiger partial charge on any atom is 0.286 e. The van der Waals surface area contributed by atoms with E-state index in [1.807, 2.05) is 30.3 Å². The van der Waals surface area contributed by atoms with Crippen LogP contribution in [-0.4, -0.2) is 42.2 Å². The zero-order valence-electron chi connectivity index (χ0n) is 16.0. The number of anilines is 1. The van der Waals surface area contributed by atoms with Gasteiger partial charge in [-0.1, -0.05) is 60.7 Å². The van der Waals surface area contributed by atoms with Gasteiger partial charge in [0.2, 0.25) is 0 Å². The number of aliphatic imine (C=N–C) groups is 1. The summed E-state index contributed by atoms with van der Waals surface area (Å²) >= 11 is 1.49. The number of carbonyl (C=O) groups excluding carboxylic acids is 1. The van der Waals surface area contributed by atoms with Crippen LogP contribution in [0.25, 0.3) is 16.8 Å². The van der Waals surface area contributed by atoms with E-state index in [0.29, 0.717) is 4.91 Å². The van der Waals surface area contributed by atoms with Crippen molar-refractivity contribution in [2.45, 2.75) is 0 Å². The van der Waals surface area contributed by atoms with Crippen molar-refractivity contribution in [3.05, 3.63) is 83.3 Å². The highest BCUT2D eigenvalue weighted by Gasteiger charge is 2.28. The van der Waals surface area contributed by atoms with Crippen LogP contribution in [0.5, 0.6) is 0 Å². The van der Waals surface area contributed by atoms with Crippen molar-refractivity contribution >= 4 is 45.4 Å². The minimum absolute atomic E-state index is 0.136. The first-order chi connectivity index (χ1) is 14.3. The molecule has 0 atom stereocenters. The van der Waals surface area contributed by atoms with Crippen LogP contribution >= 0.6 is 11.8 Å². The monoisotopic (exact) mass is 399 g/mol. The lowest BCUT2D eigenvalue weighted by molar-refractivity contribution is -0.113. The molecule has 29 heavy (non-hydrogen) atoms. The average molecular weight is 400 g/mol. The Hall–Kier alpha value is -3.05. The van der Waals surface area contributed by atoms with E-state index in [0.717, 1.165) is 42.3 Å². The van der Waals surface area contributed by atoms with Crippen molar-refractivity contribution in [3.63, 3.8) is 0 Å². The molecule has 5 heteroatoms. The average Bonchev–Trinajstić information content (AvgIpc) is 3.15. The second-order valence-electron chi connectivity index (χ2n) is 7.19. The first-order valence-corrected chi connectivity index (χ1v) is 10.6. The molecule has 2 aliphatic rings. The van der Waals surface area contributed by atoms with Crippen molar-refractivity contribution in [2.24, 2.45) is 4.99 Å². The molecular formula is C24H21N3OS. The van der Waals surface area contributed by atoms with E-state index in [9.17, 15) is 4.79 Å². The van der Waals surface area contributed by atoms with Gasteiger partial charge >= 0.3 is 0 Å². The lowest BCUT2D eigenvalue weighted by Crippen LogP contribution is -2.47. The molecule has 0 bridgehead atoms. The molecule has 0 spiro atoms. The third-order valence-corrected chi connectivity index (χ3v) is 6.44. The zero-order chi connectivity index (χ0) is 19.6. The molecule has 3 aromatic carbocycles. The van der Waals surface area contributed by atoms with Gasteiger partial charge in [0.15, 0.2) is 5.17 Å².